The zero-order valence-electron chi connectivity index (χ0n) is 37.5. The van der Waals surface area contributed by atoms with Crippen LogP contribution in [0.4, 0.5) is 0 Å². The van der Waals surface area contributed by atoms with E-state index >= 15 is 0 Å². The van der Waals surface area contributed by atoms with Crippen molar-refractivity contribution in [1.82, 2.24) is 29.4 Å². The molecular weight excluding hydrogens is 633 g/mol. The van der Waals surface area contributed by atoms with Crippen LogP contribution in [0.15, 0.2) is 0 Å². The van der Waals surface area contributed by atoms with Crippen molar-refractivity contribution in [2.75, 3.05) is 127 Å². The van der Waals surface area contributed by atoms with Crippen LogP contribution < -0.4 is 0 Å². The van der Waals surface area contributed by atoms with E-state index in [4.69, 9.17) is 4.74 Å². The van der Waals surface area contributed by atoms with E-state index in [1.165, 1.54) is 123 Å². The highest BCUT2D eigenvalue weighted by Crippen LogP contribution is 2.36. The summed E-state index contributed by atoms with van der Waals surface area (Å²) in [6.07, 6.45) is 14.6. The van der Waals surface area contributed by atoms with E-state index in [-0.39, 0.29) is 7.43 Å². The summed E-state index contributed by atoms with van der Waals surface area (Å²) in [6.45, 7) is 36.0. The number of hydrogen-bond acceptors (Lipinski definition) is 7. The van der Waals surface area contributed by atoms with Gasteiger partial charge in [-0.3, -0.25) is 4.79 Å². The molecule has 8 heteroatoms. The number of hydrogen-bond donors (Lipinski definition) is 0. The molecule has 314 valence electrons. The molecule has 1 spiro atoms. The number of rotatable bonds is 0. The fourth-order valence-corrected chi connectivity index (χ4v) is 5.91. The van der Waals surface area contributed by atoms with Crippen molar-refractivity contribution in [2.45, 2.75) is 147 Å². The van der Waals surface area contributed by atoms with E-state index in [1.807, 2.05) is 76.3 Å². The first kappa shape index (κ1) is 59.5. The van der Waals surface area contributed by atoms with E-state index < -0.39 is 0 Å². The largest absolute Gasteiger partial charge is 0.380 e. The summed E-state index contributed by atoms with van der Waals surface area (Å²) in [7, 11) is 12.7. The molecule has 7 rings (SSSR count). The van der Waals surface area contributed by atoms with Crippen LogP contribution in [0.2, 0.25) is 0 Å². The standard InChI is InChI=1S/C6H11NO.2C6H13N.C5H9NO.C5H11N.C4H9N.5C2H6.CH4/c1-7-2-6(3-7)4-8-5-6;2*1-7-5-3-2-4-6-7;1-6-4-2-3-5(6)7;1-6-4-2-3-5-6;1-5-3-2-4-5;5*1-2;/h2-5H2,1H3;2*2-6H2,1H3;2-4H2,1H3;2-5H2,1H3;2-4H2,1H3;5*1-2H3;1H4. The zero-order valence-corrected chi connectivity index (χ0v) is 37.5. The first-order valence-corrected chi connectivity index (χ1v) is 21.4. The average Bonchev–Trinajstić information content (AvgIpc) is 3.77. The maximum Gasteiger partial charge on any atom is 0.222 e. The molecule has 0 aromatic rings. The number of nitrogens with zero attached hydrogens (tertiary/aromatic N) is 6. The van der Waals surface area contributed by atoms with Crippen molar-refractivity contribution >= 4 is 5.91 Å². The maximum absolute atomic E-state index is 10.5. The van der Waals surface area contributed by atoms with Gasteiger partial charge in [0.25, 0.3) is 0 Å². The van der Waals surface area contributed by atoms with Gasteiger partial charge in [0.1, 0.15) is 0 Å². The summed E-state index contributed by atoms with van der Waals surface area (Å²) >= 11 is 0. The van der Waals surface area contributed by atoms with Crippen LogP contribution in [0.5, 0.6) is 0 Å². The quantitative estimate of drug-likeness (QED) is 0.246. The highest BCUT2D eigenvalue weighted by Gasteiger charge is 2.47. The summed E-state index contributed by atoms with van der Waals surface area (Å²) in [6, 6.07) is 0. The molecule has 0 saturated carbocycles. The Labute approximate surface area is 324 Å². The topological polar surface area (TPSA) is 45.7 Å². The second-order valence-electron chi connectivity index (χ2n) is 13.5. The highest BCUT2D eigenvalue weighted by molar-refractivity contribution is 5.77. The van der Waals surface area contributed by atoms with Gasteiger partial charge in [-0.1, -0.05) is 89.5 Å². The molecule has 0 bridgehead atoms. The molecule has 7 saturated heterocycles. The van der Waals surface area contributed by atoms with Crippen LogP contribution in [0.25, 0.3) is 0 Å². The molecule has 1 amide bonds. The van der Waals surface area contributed by atoms with Crippen LogP contribution in [-0.2, 0) is 9.53 Å². The summed E-state index contributed by atoms with van der Waals surface area (Å²) in [4.78, 5) is 24.1. The van der Waals surface area contributed by atoms with Crippen LogP contribution >= 0.6 is 0 Å². The normalized spacial score (nSPS) is 21.3. The lowest BCUT2D eigenvalue weighted by Gasteiger charge is -2.53. The Hall–Kier alpha value is -0.770. The van der Waals surface area contributed by atoms with Crippen molar-refractivity contribution in [3.8, 4) is 0 Å². The zero-order chi connectivity index (χ0) is 39.2. The van der Waals surface area contributed by atoms with Crippen LogP contribution in [0.1, 0.15) is 147 Å². The van der Waals surface area contributed by atoms with Crippen molar-refractivity contribution in [3.63, 3.8) is 0 Å². The van der Waals surface area contributed by atoms with Crippen LogP contribution in [0, 0.1) is 5.41 Å². The molecule has 7 aliphatic rings. The number of amides is 1. The molecule has 8 nitrogen and oxygen atoms in total. The summed E-state index contributed by atoms with van der Waals surface area (Å²) in [5, 5.41) is 0. The highest BCUT2D eigenvalue weighted by atomic mass is 16.5. The summed E-state index contributed by atoms with van der Waals surface area (Å²) < 4.78 is 5.10. The molecule has 51 heavy (non-hydrogen) atoms. The van der Waals surface area contributed by atoms with Gasteiger partial charge in [-0.25, -0.2) is 0 Å². The predicted octanol–water partition coefficient (Wildman–Crippen LogP) is 9.19. The van der Waals surface area contributed by atoms with Gasteiger partial charge in [-0.05, 0) is 139 Å². The van der Waals surface area contributed by atoms with Gasteiger partial charge in [0.05, 0.1) is 13.2 Å². The lowest BCUT2D eigenvalue weighted by atomic mass is 9.79. The van der Waals surface area contributed by atoms with Gasteiger partial charge in [-0.2, -0.15) is 0 Å². The number of likely N-dealkylation sites (tertiary alicyclic amines) is 6. The monoisotopic (exact) mass is 733 g/mol. The molecule has 7 fully saturated rings. The molecule has 7 aliphatic heterocycles. The molecule has 0 N–H and O–H groups in total. The molecule has 0 aromatic carbocycles. The van der Waals surface area contributed by atoms with Gasteiger partial charge >= 0.3 is 0 Å². The Morgan fingerprint density at radius 3 is 0.784 bits per heavy atom. The van der Waals surface area contributed by atoms with Crippen molar-refractivity contribution in [3.05, 3.63) is 0 Å². The Morgan fingerprint density at radius 2 is 0.706 bits per heavy atom. The SMILES string of the molecule is C.CC.CC.CC.CC.CC.CN1CC2(COC2)C1.CN1CCC1.CN1CCCC1.CN1CCCC1=O.CN1CCCCC1.CN1CCCCC1. The van der Waals surface area contributed by atoms with Gasteiger partial charge in [0.15, 0.2) is 0 Å². The number of carbonyl (C=O) groups is 1. The van der Waals surface area contributed by atoms with Gasteiger partial charge in [-0.15, -0.1) is 0 Å². The third kappa shape index (κ3) is 34.7. The first-order chi connectivity index (χ1) is 24.2. The third-order valence-corrected chi connectivity index (χ3v) is 8.91. The first-order valence-electron chi connectivity index (χ1n) is 21.4. The summed E-state index contributed by atoms with van der Waals surface area (Å²) in [5.74, 6) is 0.292. The Bertz CT molecular complexity index is 618. The van der Waals surface area contributed by atoms with E-state index in [9.17, 15) is 4.79 Å². The smallest absolute Gasteiger partial charge is 0.222 e. The number of ether oxygens (including phenoxy) is 1. The van der Waals surface area contributed by atoms with Crippen LogP contribution in [0.3, 0.4) is 0 Å². The Balaban J connectivity index is -0.000000158. The average molecular weight is 733 g/mol. The second-order valence-corrected chi connectivity index (χ2v) is 13.5. The fourth-order valence-electron chi connectivity index (χ4n) is 5.91. The fraction of sp³-hybridized carbons (Fsp3) is 0.977. The van der Waals surface area contributed by atoms with E-state index in [2.05, 4.69) is 59.7 Å². The van der Waals surface area contributed by atoms with Gasteiger partial charge in [0, 0.05) is 38.5 Å². The summed E-state index contributed by atoms with van der Waals surface area (Å²) in [5.41, 5.74) is 0.620. The molecule has 0 atom stereocenters. The molecule has 0 unspecified atom stereocenters. The van der Waals surface area contributed by atoms with Crippen molar-refractivity contribution in [2.24, 2.45) is 5.41 Å². The second kappa shape index (κ2) is 43.6. The number of carbonyl (C=O) groups excluding carboxylic acids is 1. The maximum atomic E-state index is 10.5. The van der Waals surface area contributed by atoms with E-state index in [0.717, 1.165) is 32.6 Å². The van der Waals surface area contributed by atoms with Gasteiger partial charge < -0.3 is 34.1 Å². The minimum absolute atomic E-state index is 0. The molecular formula is C43H100N6O2. The third-order valence-electron chi connectivity index (χ3n) is 8.91. The molecule has 7 heterocycles. The minimum Gasteiger partial charge on any atom is -0.380 e. The van der Waals surface area contributed by atoms with E-state index in [0.29, 0.717) is 11.3 Å². The Kier molecular flexibility index (Phi) is 50.9. The molecule has 0 radical (unpaired) electrons. The number of piperidine rings is 2. The lowest BCUT2D eigenvalue weighted by Crippen LogP contribution is -2.64. The van der Waals surface area contributed by atoms with Crippen molar-refractivity contribution in [1.29, 1.82) is 0 Å². The van der Waals surface area contributed by atoms with Crippen LogP contribution in [-0.4, -0.2) is 163 Å². The predicted molar refractivity (Wildman–Crippen MR) is 233 cm³/mol. The Morgan fingerprint density at radius 1 is 0.412 bits per heavy atom. The van der Waals surface area contributed by atoms with Crippen molar-refractivity contribution < 1.29 is 9.53 Å². The van der Waals surface area contributed by atoms with Gasteiger partial charge in [0.2, 0.25) is 5.91 Å². The molecule has 0 aliphatic carbocycles. The van der Waals surface area contributed by atoms with E-state index in [1.54, 1.807) is 4.90 Å². The minimum atomic E-state index is 0. The lowest BCUT2D eigenvalue weighted by molar-refractivity contribution is -0.182. The molecule has 0 aromatic heterocycles.